The molecular weight excluding hydrogens is 356 g/mol. The average molecular weight is 388 g/mol. The maximum Gasteiger partial charge on any atom is 0.220 e. The van der Waals surface area contributed by atoms with Crippen LogP contribution in [0.5, 0.6) is 0 Å². The van der Waals surface area contributed by atoms with E-state index >= 15 is 0 Å². The van der Waals surface area contributed by atoms with Crippen LogP contribution < -0.4 is 9.75 Å². The standard InChI is InChI=1S/C25H31N2Si/c1-16(2)28(7,8)21-9-10-22-20(14-21)11-12-27(6)25(22)23-13-17(3)24(15-26)19(5)18(23)4/h9-14,16H,1-8H3/q+1. The van der Waals surface area contributed by atoms with Crippen LogP contribution in [-0.4, -0.2) is 8.07 Å². The highest BCUT2D eigenvalue weighted by Crippen LogP contribution is 2.32. The zero-order valence-electron chi connectivity index (χ0n) is 18.4. The van der Waals surface area contributed by atoms with E-state index in [1.165, 1.54) is 32.8 Å². The largest absolute Gasteiger partial charge is 0.220 e. The average Bonchev–Trinajstić information content (AvgIpc) is 2.65. The molecule has 0 radical (unpaired) electrons. The van der Waals surface area contributed by atoms with Gasteiger partial charge in [-0.3, -0.25) is 0 Å². The molecule has 0 amide bonds. The molecule has 0 N–H and O–H groups in total. The Hall–Kier alpha value is -2.44. The monoisotopic (exact) mass is 387 g/mol. The molecule has 3 rings (SSSR count). The quantitative estimate of drug-likeness (QED) is 0.433. The van der Waals surface area contributed by atoms with E-state index in [9.17, 15) is 5.26 Å². The number of hydrogen-bond acceptors (Lipinski definition) is 1. The van der Waals surface area contributed by atoms with Crippen LogP contribution >= 0.6 is 0 Å². The molecule has 0 aliphatic carbocycles. The third kappa shape index (κ3) is 3.16. The number of fused-ring (bicyclic) bond motifs is 1. The highest BCUT2D eigenvalue weighted by Gasteiger charge is 2.28. The molecule has 2 aromatic carbocycles. The van der Waals surface area contributed by atoms with Gasteiger partial charge >= 0.3 is 0 Å². The molecule has 2 nitrogen and oxygen atoms in total. The van der Waals surface area contributed by atoms with Crippen molar-refractivity contribution in [3.05, 3.63) is 58.8 Å². The van der Waals surface area contributed by atoms with Gasteiger partial charge in [0.1, 0.15) is 7.05 Å². The van der Waals surface area contributed by atoms with E-state index < -0.39 is 8.07 Å². The van der Waals surface area contributed by atoms with Gasteiger partial charge in [0, 0.05) is 6.07 Å². The van der Waals surface area contributed by atoms with E-state index in [4.69, 9.17) is 0 Å². The minimum Gasteiger partial charge on any atom is -0.200 e. The van der Waals surface area contributed by atoms with Gasteiger partial charge < -0.3 is 0 Å². The Bertz CT molecular complexity index is 1120. The van der Waals surface area contributed by atoms with Crippen LogP contribution in [0.15, 0.2) is 36.5 Å². The molecular formula is C25H31N2Si+. The van der Waals surface area contributed by atoms with Crippen LogP contribution in [0.25, 0.3) is 22.0 Å². The molecule has 0 unspecified atom stereocenters. The molecule has 1 aromatic heterocycles. The first kappa shape index (κ1) is 20.3. The lowest BCUT2D eigenvalue weighted by Crippen LogP contribution is -2.44. The molecule has 0 spiro atoms. The van der Waals surface area contributed by atoms with Crippen LogP contribution in [0.4, 0.5) is 0 Å². The predicted molar refractivity (Wildman–Crippen MR) is 122 cm³/mol. The third-order valence-electron chi connectivity index (χ3n) is 6.79. The van der Waals surface area contributed by atoms with Crippen molar-refractivity contribution < 1.29 is 4.57 Å². The maximum absolute atomic E-state index is 9.51. The summed E-state index contributed by atoms with van der Waals surface area (Å²) in [5, 5.41) is 13.6. The van der Waals surface area contributed by atoms with E-state index in [0.717, 1.165) is 16.7 Å². The van der Waals surface area contributed by atoms with Gasteiger partial charge in [0.05, 0.1) is 30.7 Å². The van der Waals surface area contributed by atoms with Crippen LogP contribution in [-0.2, 0) is 7.05 Å². The molecule has 3 aromatic rings. The maximum atomic E-state index is 9.51. The number of aromatic nitrogens is 1. The first-order chi connectivity index (χ1) is 13.1. The van der Waals surface area contributed by atoms with E-state index in [1.54, 1.807) is 0 Å². The Morgan fingerprint density at radius 2 is 1.68 bits per heavy atom. The van der Waals surface area contributed by atoms with Crippen molar-refractivity contribution in [1.82, 2.24) is 0 Å². The van der Waals surface area contributed by atoms with Crippen molar-refractivity contribution in [2.45, 2.75) is 53.3 Å². The second kappa shape index (κ2) is 7.18. The summed E-state index contributed by atoms with van der Waals surface area (Å²) in [6.07, 6.45) is 2.16. The number of nitriles is 1. The summed E-state index contributed by atoms with van der Waals surface area (Å²) in [7, 11) is 0.641. The van der Waals surface area contributed by atoms with E-state index in [2.05, 4.69) is 95.0 Å². The number of pyridine rings is 1. The lowest BCUT2D eigenvalue weighted by atomic mass is 9.91. The molecule has 0 bridgehead atoms. The zero-order valence-corrected chi connectivity index (χ0v) is 19.4. The summed E-state index contributed by atoms with van der Waals surface area (Å²) < 4.78 is 2.21. The molecule has 0 saturated carbocycles. The molecule has 0 aliphatic rings. The van der Waals surface area contributed by atoms with E-state index in [0.29, 0.717) is 5.54 Å². The van der Waals surface area contributed by atoms with Gasteiger partial charge in [-0.2, -0.15) is 5.26 Å². The van der Waals surface area contributed by atoms with Gasteiger partial charge in [-0.05, 0) is 60.5 Å². The molecule has 0 atom stereocenters. The summed E-state index contributed by atoms with van der Waals surface area (Å²) in [6, 6.07) is 13.8. The van der Waals surface area contributed by atoms with Crippen LogP contribution in [0.2, 0.25) is 18.6 Å². The Morgan fingerprint density at radius 1 is 1.00 bits per heavy atom. The van der Waals surface area contributed by atoms with Crippen molar-refractivity contribution in [1.29, 1.82) is 5.26 Å². The number of aryl methyl sites for hydroxylation is 2. The first-order valence-corrected chi connectivity index (χ1v) is 13.1. The van der Waals surface area contributed by atoms with Gasteiger partial charge in [-0.1, -0.05) is 44.3 Å². The first-order valence-electron chi connectivity index (χ1n) is 10.0. The Labute approximate surface area is 170 Å². The summed E-state index contributed by atoms with van der Waals surface area (Å²) in [5.41, 5.74) is 7.26. The smallest absolute Gasteiger partial charge is 0.200 e. The van der Waals surface area contributed by atoms with Crippen molar-refractivity contribution in [3.8, 4) is 17.3 Å². The molecule has 0 aliphatic heterocycles. The molecule has 3 heteroatoms. The fraction of sp³-hybridized carbons (Fsp3) is 0.360. The summed E-state index contributed by atoms with van der Waals surface area (Å²) in [4.78, 5) is 0. The van der Waals surface area contributed by atoms with Crippen LogP contribution in [0.1, 0.15) is 36.1 Å². The molecule has 0 fully saturated rings. The van der Waals surface area contributed by atoms with Gasteiger partial charge in [-0.25, -0.2) is 4.57 Å². The van der Waals surface area contributed by atoms with Gasteiger partial charge in [0.25, 0.3) is 0 Å². The minimum atomic E-state index is -1.47. The molecule has 0 saturated heterocycles. The molecule has 1 heterocycles. The normalized spacial score (nSPS) is 11.9. The summed E-state index contributed by atoms with van der Waals surface area (Å²) >= 11 is 0. The number of hydrogen-bond donors (Lipinski definition) is 0. The number of nitrogens with zero attached hydrogens (tertiary/aromatic N) is 2. The summed E-state index contributed by atoms with van der Waals surface area (Å²) in [5.74, 6) is 0. The van der Waals surface area contributed by atoms with Crippen molar-refractivity contribution >= 4 is 24.0 Å². The minimum absolute atomic E-state index is 0.704. The van der Waals surface area contributed by atoms with Crippen molar-refractivity contribution in [3.63, 3.8) is 0 Å². The third-order valence-corrected chi connectivity index (χ3v) is 11.5. The van der Waals surface area contributed by atoms with Crippen LogP contribution in [0, 0.1) is 32.1 Å². The second-order valence-corrected chi connectivity index (χ2v) is 14.1. The van der Waals surface area contributed by atoms with Crippen LogP contribution in [0.3, 0.4) is 0 Å². The lowest BCUT2D eigenvalue weighted by molar-refractivity contribution is -0.659. The number of benzene rings is 2. The SMILES string of the molecule is Cc1cc(-c2c3ccc([Si](C)(C)C(C)C)cc3cc[n+]2C)c(C)c(C)c1C#N. The van der Waals surface area contributed by atoms with Gasteiger partial charge in [-0.15, -0.1) is 0 Å². The van der Waals surface area contributed by atoms with Gasteiger partial charge in [0.2, 0.25) is 5.69 Å². The topological polar surface area (TPSA) is 27.7 Å². The van der Waals surface area contributed by atoms with E-state index in [-0.39, 0.29) is 0 Å². The Balaban J connectivity index is 2.32. The fourth-order valence-corrected chi connectivity index (χ4v) is 5.65. The van der Waals surface area contributed by atoms with E-state index in [1.807, 2.05) is 6.92 Å². The highest BCUT2D eigenvalue weighted by molar-refractivity contribution is 6.91. The lowest BCUT2D eigenvalue weighted by Gasteiger charge is -2.27. The molecule has 28 heavy (non-hydrogen) atoms. The summed E-state index contributed by atoms with van der Waals surface area (Å²) in [6.45, 7) is 15.8. The Kier molecular flexibility index (Phi) is 5.21. The Morgan fingerprint density at radius 3 is 2.29 bits per heavy atom. The van der Waals surface area contributed by atoms with Crippen molar-refractivity contribution in [2.24, 2.45) is 7.05 Å². The van der Waals surface area contributed by atoms with Gasteiger partial charge in [0.15, 0.2) is 6.20 Å². The second-order valence-electron chi connectivity index (χ2n) is 8.93. The zero-order chi connectivity index (χ0) is 20.8. The van der Waals surface area contributed by atoms with Crippen molar-refractivity contribution in [2.75, 3.05) is 0 Å². The number of rotatable bonds is 3. The highest BCUT2D eigenvalue weighted by atomic mass is 28.3. The predicted octanol–water partition coefficient (Wildman–Crippen LogP) is 5.45. The fourth-order valence-electron chi connectivity index (χ4n) is 3.94. The molecule has 144 valence electrons.